The van der Waals surface area contributed by atoms with E-state index in [0.29, 0.717) is 28.9 Å². The highest BCUT2D eigenvalue weighted by Crippen LogP contribution is 2.35. The fourth-order valence-electron chi connectivity index (χ4n) is 3.79. The Balaban J connectivity index is 1.38. The Morgan fingerprint density at radius 3 is 2.16 bits per heavy atom. The Bertz CT molecular complexity index is 998. The van der Waals surface area contributed by atoms with E-state index < -0.39 is 0 Å². The van der Waals surface area contributed by atoms with E-state index in [1.807, 2.05) is 48.5 Å². The minimum absolute atomic E-state index is 0.416. The Hall–Kier alpha value is -2.07. The fraction of sp³-hybridized carbons (Fsp3) is 0.280. The van der Waals surface area contributed by atoms with Gasteiger partial charge in [0.2, 0.25) is 0 Å². The zero-order chi connectivity index (χ0) is 21.6. The van der Waals surface area contributed by atoms with Crippen LogP contribution in [0.5, 0.6) is 5.75 Å². The molecule has 1 N–H and O–H groups in total. The van der Waals surface area contributed by atoms with Crippen LogP contribution >= 0.6 is 34.8 Å². The van der Waals surface area contributed by atoms with Crippen LogP contribution in [-0.4, -0.2) is 13.1 Å². The number of benzene rings is 3. The van der Waals surface area contributed by atoms with Crippen molar-refractivity contribution in [1.82, 2.24) is 0 Å². The standard InChI is InChI=1S/C25H25Cl3N2O/c26-21-15-20(9-10-24(21)30-11-5-2-6-12-30)29-16-19-13-22(27)25(23(28)14-19)31-17-18-7-3-1-4-8-18/h1,3-4,7-10,13-15,29H,2,5-6,11-12,16-17H2. The lowest BCUT2D eigenvalue weighted by Crippen LogP contribution is -2.29. The molecule has 3 aromatic rings. The molecule has 0 aromatic heterocycles. The van der Waals surface area contributed by atoms with Crippen LogP contribution < -0.4 is 15.0 Å². The van der Waals surface area contributed by atoms with E-state index in [9.17, 15) is 0 Å². The van der Waals surface area contributed by atoms with E-state index >= 15 is 0 Å². The van der Waals surface area contributed by atoms with Crippen molar-refractivity contribution >= 4 is 46.2 Å². The molecule has 0 radical (unpaired) electrons. The summed E-state index contributed by atoms with van der Waals surface area (Å²) in [6.45, 7) is 3.14. The minimum atomic E-state index is 0.416. The molecule has 0 aliphatic carbocycles. The summed E-state index contributed by atoms with van der Waals surface area (Å²) in [5.74, 6) is 0.505. The zero-order valence-electron chi connectivity index (χ0n) is 17.2. The number of hydrogen-bond acceptors (Lipinski definition) is 3. The van der Waals surface area contributed by atoms with Gasteiger partial charge in [-0.2, -0.15) is 0 Å². The number of hydrogen-bond donors (Lipinski definition) is 1. The van der Waals surface area contributed by atoms with Gasteiger partial charge in [0.25, 0.3) is 0 Å². The summed E-state index contributed by atoms with van der Waals surface area (Å²) in [4.78, 5) is 2.36. The average molecular weight is 476 g/mol. The molecule has 1 aliphatic heterocycles. The van der Waals surface area contributed by atoms with Crippen molar-refractivity contribution in [2.24, 2.45) is 0 Å². The highest BCUT2D eigenvalue weighted by molar-refractivity contribution is 6.37. The Morgan fingerprint density at radius 2 is 1.48 bits per heavy atom. The van der Waals surface area contributed by atoms with Crippen LogP contribution in [0.2, 0.25) is 15.1 Å². The van der Waals surface area contributed by atoms with Crippen molar-refractivity contribution in [3.8, 4) is 5.75 Å². The van der Waals surface area contributed by atoms with Crippen LogP contribution in [0.15, 0.2) is 60.7 Å². The van der Waals surface area contributed by atoms with Crippen molar-refractivity contribution in [3.05, 3.63) is 86.9 Å². The molecule has 1 heterocycles. The molecule has 3 nitrogen and oxygen atoms in total. The highest BCUT2D eigenvalue weighted by atomic mass is 35.5. The maximum Gasteiger partial charge on any atom is 0.156 e. The maximum atomic E-state index is 6.56. The number of piperidine rings is 1. The van der Waals surface area contributed by atoms with Gasteiger partial charge in [0.15, 0.2) is 5.75 Å². The first kappa shape index (κ1) is 22.1. The van der Waals surface area contributed by atoms with E-state index in [2.05, 4.69) is 22.3 Å². The molecular weight excluding hydrogens is 451 g/mol. The molecule has 0 saturated carbocycles. The quantitative estimate of drug-likeness (QED) is 0.377. The van der Waals surface area contributed by atoms with Crippen molar-refractivity contribution in [2.75, 3.05) is 23.3 Å². The Labute approximate surface area is 198 Å². The second-order valence-corrected chi connectivity index (χ2v) is 8.95. The van der Waals surface area contributed by atoms with Crippen LogP contribution in [0, 0.1) is 0 Å². The molecule has 0 bridgehead atoms. The van der Waals surface area contributed by atoms with Gasteiger partial charge in [-0.1, -0.05) is 65.1 Å². The SMILES string of the molecule is Clc1cc(NCc2cc(Cl)c(OCc3ccccc3)c(Cl)c2)ccc1N1CCCCC1. The van der Waals surface area contributed by atoms with Gasteiger partial charge in [0.05, 0.1) is 20.8 Å². The van der Waals surface area contributed by atoms with E-state index in [1.54, 1.807) is 0 Å². The summed E-state index contributed by atoms with van der Waals surface area (Å²) < 4.78 is 5.85. The molecule has 31 heavy (non-hydrogen) atoms. The summed E-state index contributed by atoms with van der Waals surface area (Å²) in [7, 11) is 0. The second kappa shape index (κ2) is 10.5. The van der Waals surface area contributed by atoms with Gasteiger partial charge in [0.1, 0.15) is 6.61 Å². The Morgan fingerprint density at radius 1 is 0.774 bits per heavy atom. The molecule has 1 aliphatic rings. The zero-order valence-corrected chi connectivity index (χ0v) is 19.5. The predicted octanol–water partition coefficient (Wildman–Crippen LogP) is 7.83. The Kier molecular flexibility index (Phi) is 7.49. The molecule has 3 aromatic carbocycles. The van der Waals surface area contributed by atoms with Crippen LogP contribution in [0.4, 0.5) is 11.4 Å². The predicted molar refractivity (Wildman–Crippen MR) is 132 cm³/mol. The lowest BCUT2D eigenvalue weighted by atomic mass is 10.1. The first-order valence-corrected chi connectivity index (χ1v) is 11.7. The lowest BCUT2D eigenvalue weighted by molar-refractivity contribution is 0.306. The van der Waals surface area contributed by atoms with Gasteiger partial charge in [-0.3, -0.25) is 0 Å². The number of nitrogens with zero attached hydrogens (tertiary/aromatic N) is 1. The van der Waals surface area contributed by atoms with E-state index in [4.69, 9.17) is 39.5 Å². The smallest absolute Gasteiger partial charge is 0.156 e. The van der Waals surface area contributed by atoms with Crippen LogP contribution in [-0.2, 0) is 13.2 Å². The van der Waals surface area contributed by atoms with Crippen molar-refractivity contribution < 1.29 is 4.74 Å². The van der Waals surface area contributed by atoms with E-state index in [1.165, 1.54) is 19.3 Å². The van der Waals surface area contributed by atoms with Gasteiger partial charge in [-0.15, -0.1) is 0 Å². The largest absolute Gasteiger partial charge is 0.486 e. The molecule has 0 amide bonds. The molecule has 6 heteroatoms. The summed E-state index contributed by atoms with van der Waals surface area (Å²) in [5.41, 5.74) is 4.10. The third kappa shape index (κ3) is 5.79. The van der Waals surface area contributed by atoms with Gasteiger partial charge in [-0.05, 0) is 60.7 Å². The van der Waals surface area contributed by atoms with Gasteiger partial charge < -0.3 is 15.0 Å². The normalized spacial score (nSPS) is 13.8. The molecule has 1 fully saturated rings. The van der Waals surface area contributed by atoms with Gasteiger partial charge >= 0.3 is 0 Å². The molecule has 0 atom stereocenters. The molecule has 4 rings (SSSR count). The third-order valence-corrected chi connectivity index (χ3v) is 6.29. The number of ether oxygens (including phenoxy) is 1. The number of anilines is 2. The number of rotatable bonds is 7. The summed E-state index contributed by atoms with van der Waals surface area (Å²) in [5, 5.41) is 5.17. The summed E-state index contributed by atoms with van der Waals surface area (Å²) >= 11 is 19.5. The highest BCUT2D eigenvalue weighted by Gasteiger charge is 2.14. The first-order valence-electron chi connectivity index (χ1n) is 10.5. The number of halogens is 3. The molecule has 0 unspecified atom stereocenters. The maximum absolute atomic E-state index is 6.56. The fourth-order valence-corrected chi connectivity index (χ4v) is 4.74. The topological polar surface area (TPSA) is 24.5 Å². The van der Waals surface area contributed by atoms with Crippen molar-refractivity contribution in [2.45, 2.75) is 32.4 Å². The van der Waals surface area contributed by atoms with Crippen LogP contribution in [0.3, 0.4) is 0 Å². The van der Waals surface area contributed by atoms with Crippen molar-refractivity contribution in [3.63, 3.8) is 0 Å². The molecule has 1 saturated heterocycles. The average Bonchev–Trinajstić information content (AvgIpc) is 2.78. The third-order valence-electron chi connectivity index (χ3n) is 5.43. The number of nitrogens with one attached hydrogen (secondary N) is 1. The lowest BCUT2D eigenvalue weighted by Gasteiger charge is -2.29. The molecule has 0 spiro atoms. The van der Waals surface area contributed by atoms with E-state index in [-0.39, 0.29) is 0 Å². The van der Waals surface area contributed by atoms with E-state index in [0.717, 1.165) is 40.6 Å². The van der Waals surface area contributed by atoms with Crippen molar-refractivity contribution in [1.29, 1.82) is 0 Å². The first-order chi connectivity index (χ1) is 15.1. The van der Waals surface area contributed by atoms with Crippen LogP contribution in [0.1, 0.15) is 30.4 Å². The summed E-state index contributed by atoms with van der Waals surface area (Å²) in [6.07, 6.45) is 3.75. The van der Waals surface area contributed by atoms with Crippen LogP contribution in [0.25, 0.3) is 0 Å². The molecule has 162 valence electrons. The van der Waals surface area contributed by atoms with Gasteiger partial charge in [0, 0.05) is 25.3 Å². The second-order valence-electron chi connectivity index (χ2n) is 7.73. The minimum Gasteiger partial charge on any atom is -0.486 e. The molecular formula is C25H25Cl3N2O. The summed E-state index contributed by atoms with van der Waals surface area (Å²) in [6, 6.07) is 19.8. The van der Waals surface area contributed by atoms with Gasteiger partial charge in [-0.25, -0.2) is 0 Å². The monoisotopic (exact) mass is 474 g/mol.